The van der Waals surface area contributed by atoms with Crippen molar-refractivity contribution in [2.24, 2.45) is 11.1 Å². The molecule has 0 radical (unpaired) electrons. The molecule has 0 amide bonds. The van der Waals surface area contributed by atoms with Crippen molar-refractivity contribution in [3.8, 4) is 0 Å². The van der Waals surface area contributed by atoms with Crippen LogP contribution < -0.4 is 5.73 Å². The summed E-state index contributed by atoms with van der Waals surface area (Å²) in [6, 6.07) is 2.10. The van der Waals surface area contributed by atoms with Gasteiger partial charge in [0.1, 0.15) is 5.82 Å². The van der Waals surface area contributed by atoms with Gasteiger partial charge in [-0.15, -0.1) is 0 Å². The standard InChI is InChI=1S/C14H19F4NO/c1-13(2,3)12(19)7-11(20)8-4-5-10(15)9(6-8)14(16,17)18/h4-6,11-12,20H,7,19H2,1-3H3/t11-,12+/m1/s1. The van der Waals surface area contributed by atoms with Crippen molar-refractivity contribution in [3.05, 3.63) is 35.1 Å². The fraction of sp³-hybridized carbons (Fsp3) is 0.571. The van der Waals surface area contributed by atoms with E-state index in [0.717, 1.165) is 6.07 Å². The molecule has 0 unspecified atom stereocenters. The third-order valence-corrected chi connectivity index (χ3v) is 3.27. The van der Waals surface area contributed by atoms with Crippen LogP contribution in [0.25, 0.3) is 0 Å². The Bertz CT molecular complexity index is 465. The van der Waals surface area contributed by atoms with Gasteiger partial charge in [0.15, 0.2) is 0 Å². The van der Waals surface area contributed by atoms with Crippen LogP contribution in [-0.2, 0) is 6.18 Å². The molecule has 0 aliphatic carbocycles. The van der Waals surface area contributed by atoms with Crippen LogP contribution in [0.2, 0.25) is 0 Å². The largest absolute Gasteiger partial charge is 0.419 e. The summed E-state index contributed by atoms with van der Waals surface area (Å²) in [6.07, 6.45) is -5.84. The van der Waals surface area contributed by atoms with Gasteiger partial charge < -0.3 is 10.8 Å². The Labute approximate surface area is 115 Å². The van der Waals surface area contributed by atoms with Crippen LogP contribution in [0.1, 0.15) is 44.4 Å². The average molecular weight is 293 g/mol. The zero-order valence-corrected chi connectivity index (χ0v) is 11.6. The Morgan fingerprint density at radius 3 is 2.20 bits per heavy atom. The molecule has 0 aliphatic rings. The first-order chi connectivity index (χ1) is 8.93. The van der Waals surface area contributed by atoms with Gasteiger partial charge in [0.05, 0.1) is 11.7 Å². The average Bonchev–Trinajstić information content (AvgIpc) is 2.26. The van der Waals surface area contributed by atoms with Gasteiger partial charge in [0, 0.05) is 6.04 Å². The number of halogens is 4. The summed E-state index contributed by atoms with van der Waals surface area (Å²) in [5.41, 5.74) is 4.24. The van der Waals surface area contributed by atoms with Crippen LogP contribution in [0.15, 0.2) is 18.2 Å². The number of rotatable bonds is 3. The summed E-state index contributed by atoms with van der Waals surface area (Å²) in [5, 5.41) is 9.97. The first kappa shape index (κ1) is 16.9. The molecule has 2 atom stereocenters. The molecule has 0 fully saturated rings. The molecule has 20 heavy (non-hydrogen) atoms. The molecule has 1 aromatic rings. The van der Waals surface area contributed by atoms with Crippen molar-refractivity contribution in [1.82, 2.24) is 0 Å². The number of hydrogen-bond acceptors (Lipinski definition) is 2. The maximum Gasteiger partial charge on any atom is 0.419 e. The smallest absolute Gasteiger partial charge is 0.388 e. The first-order valence-electron chi connectivity index (χ1n) is 6.23. The molecule has 0 bridgehead atoms. The van der Waals surface area contributed by atoms with Crippen LogP contribution in [-0.4, -0.2) is 11.1 Å². The van der Waals surface area contributed by atoms with Crippen molar-refractivity contribution >= 4 is 0 Å². The summed E-state index contributed by atoms with van der Waals surface area (Å²) < 4.78 is 50.9. The molecule has 0 heterocycles. The third-order valence-electron chi connectivity index (χ3n) is 3.27. The van der Waals surface area contributed by atoms with Gasteiger partial charge in [-0.3, -0.25) is 0 Å². The van der Waals surface area contributed by atoms with Crippen LogP contribution in [0.4, 0.5) is 17.6 Å². The molecule has 1 aromatic carbocycles. The van der Waals surface area contributed by atoms with Gasteiger partial charge in [-0.25, -0.2) is 4.39 Å². The zero-order valence-electron chi connectivity index (χ0n) is 11.6. The highest BCUT2D eigenvalue weighted by Gasteiger charge is 2.35. The second kappa shape index (κ2) is 5.69. The maximum absolute atomic E-state index is 13.2. The molecule has 114 valence electrons. The summed E-state index contributed by atoms with van der Waals surface area (Å²) in [7, 11) is 0. The molecular formula is C14H19F4NO. The molecule has 0 aromatic heterocycles. The zero-order chi connectivity index (χ0) is 15.7. The first-order valence-corrected chi connectivity index (χ1v) is 6.23. The van der Waals surface area contributed by atoms with E-state index >= 15 is 0 Å². The van der Waals surface area contributed by atoms with Crippen molar-refractivity contribution < 1.29 is 22.7 Å². The van der Waals surface area contributed by atoms with E-state index in [1.54, 1.807) is 0 Å². The quantitative estimate of drug-likeness (QED) is 0.836. The van der Waals surface area contributed by atoms with Crippen molar-refractivity contribution in [1.29, 1.82) is 0 Å². The molecule has 3 N–H and O–H groups in total. The molecule has 1 rings (SSSR count). The molecule has 0 saturated heterocycles. The van der Waals surface area contributed by atoms with Gasteiger partial charge in [0.2, 0.25) is 0 Å². The molecule has 2 nitrogen and oxygen atoms in total. The number of nitrogens with two attached hydrogens (primary N) is 1. The molecule has 0 saturated carbocycles. The Morgan fingerprint density at radius 1 is 1.20 bits per heavy atom. The van der Waals surface area contributed by atoms with Crippen molar-refractivity contribution in [2.75, 3.05) is 0 Å². The van der Waals surface area contributed by atoms with E-state index in [0.29, 0.717) is 12.1 Å². The Morgan fingerprint density at radius 2 is 1.75 bits per heavy atom. The minimum atomic E-state index is -4.79. The lowest BCUT2D eigenvalue weighted by Crippen LogP contribution is -2.36. The van der Waals surface area contributed by atoms with E-state index in [1.807, 2.05) is 20.8 Å². The lowest BCUT2D eigenvalue weighted by Gasteiger charge is -2.29. The van der Waals surface area contributed by atoms with Gasteiger partial charge in [-0.1, -0.05) is 26.8 Å². The summed E-state index contributed by atoms with van der Waals surface area (Å²) in [5.74, 6) is -1.35. The Hall–Kier alpha value is -1.14. The third kappa shape index (κ3) is 4.18. The van der Waals surface area contributed by atoms with E-state index in [9.17, 15) is 22.7 Å². The minimum Gasteiger partial charge on any atom is -0.388 e. The second-order valence-electron chi connectivity index (χ2n) is 5.96. The molecule has 6 heteroatoms. The predicted octanol–water partition coefficient (Wildman–Crippen LogP) is 3.64. The lowest BCUT2D eigenvalue weighted by molar-refractivity contribution is -0.140. The van der Waals surface area contributed by atoms with Crippen LogP contribution in [0.5, 0.6) is 0 Å². The number of alkyl halides is 3. The van der Waals surface area contributed by atoms with E-state index in [4.69, 9.17) is 5.73 Å². The molecule has 0 spiro atoms. The Kier molecular flexibility index (Phi) is 4.82. The topological polar surface area (TPSA) is 46.2 Å². The van der Waals surface area contributed by atoms with E-state index < -0.39 is 29.7 Å². The van der Waals surface area contributed by atoms with Gasteiger partial charge in [-0.05, 0) is 29.5 Å². The van der Waals surface area contributed by atoms with Crippen LogP contribution in [0.3, 0.4) is 0 Å². The fourth-order valence-electron chi connectivity index (χ4n) is 1.70. The minimum absolute atomic E-state index is 0.0124. The van der Waals surface area contributed by atoms with Gasteiger partial charge >= 0.3 is 6.18 Å². The van der Waals surface area contributed by atoms with Gasteiger partial charge in [0.25, 0.3) is 0 Å². The number of hydrogen-bond donors (Lipinski definition) is 2. The highest BCUT2D eigenvalue weighted by atomic mass is 19.4. The molecule has 0 aliphatic heterocycles. The van der Waals surface area contributed by atoms with Crippen molar-refractivity contribution in [3.63, 3.8) is 0 Å². The number of aliphatic hydroxyl groups excluding tert-OH is 1. The van der Waals surface area contributed by atoms with E-state index in [2.05, 4.69) is 0 Å². The predicted molar refractivity (Wildman–Crippen MR) is 68.4 cm³/mol. The fourth-order valence-corrected chi connectivity index (χ4v) is 1.70. The van der Waals surface area contributed by atoms with Crippen LogP contribution >= 0.6 is 0 Å². The summed E-state index contributed by atoms with van der Waals surface area (Å²) in [6.45, 7) is 5.61. The van der Waals surface area contributed by atoms with Crippen molar-refractivity contribution in [2.45, 2.75) is 45.5 Å². The maximum atomic E-state index is 13.2. The highest BCUT2D eigenvalue weighted by molar-refractivity contribution is 5.28. The number of aliphatic hydroxyl groups is 1. The summed E-state index contributed by atoms with van der Waals surface area (Å²) in [4.78, 5) is 0. The lowest BCUT2D eigenvalue weighted by atomic mass is 9.83. The highest BCUT2D eigenvalue weighted by Crippen LogP contribution is 2.34. The Balaban J connectivity index is 2.98. The van der Waals surface area contributed by atoms with E-state index in [1.165, 1.54) is 0 Å². The SMILES string of the molecule is CC(C)(C)[C@@H](N)C[C@@H](O)c1ccc(F)c(C(F)(F)F)c1. The summed E-state index contributed by atoms with van der Waals surface area (Å²) >= 11 is 0. The molecular weight excluding hydrogens is 274 g/mol. The normalized spacial score (nSPS) is 16.1. The van der Waals surface area contributed by atoms with Gasteiger partial charge in [-0.2, -0.15) is 13.2 Å². The van der Waals surface area contributed by atoms with Crippen LogP contribution in [0, 0.1) is 11.2 Å². The van der Waals surface area contributed by atoms with E-state index in [-0.39, 0.29) is 17.4 Å². The monoisotopic (exact) mass is 293 g/mol. The number of benzene rings is 1. The second-order valence-corrected chi connectivity index (χ2v) is 5.96.